The third-order valence-corrected chi connectivity index (χ3v) is 4.50. The van der Waals surface area contributed by atoms with E-state index in [1.807, 2.05) is 12.1 Å². The van der Waals surface area contributed by atoms with E-state index in [0.29, 0.717) is 13.0 Å². The summed E-state index contributed by atoms with van der Waals surface area (Å²) in [5.41, 5.74) is 7.07. The zero-order valence-electron chi connectivity index (χ0n) is 14.9. The number of urea groups is 1. The van der Waals surface area contributed by atoms with Crippen molar-refractivity contribution >= 4 is 23.3 Å². The lowest BCUT2D eigenvalue weighted by molar-refractivity contribution is -0.116. The zero-order valence-corrected chi connectivity index (χ0v) is 14.9. The normalized spacial score (nSPS) is 14.6. The number of carbonyl (C=O) groups excluding carboxylic acids is 2. The van der Waals surface area contributed by atoms with Crippen molar-refractivity contribution in [3.8, 4) is 0 Å². The Balaban J connectivity index is 1.67. The van der Waals surface area contributed by atoms with E-state index in [-0.39, 0.29) is 5.91 Å². The van der Waals surface area contributed by atoms with Gasteiger partial charge in [-0.3, -0.25) is 4.79 Å². The van der Waals surface area contributed by atoms with Gasteiger partial charge in [-0.2, -0.15) is 0 Å². The van der Waals surface area contributed by atoms with E-state index in [0.717, 1.165) is 38.0 Å². The van der Waals surface area contributed by atoms with E-state index in [1.165, 1.54) is 31.4 Å². The molecule has 1 aromatic rings. The fourth-order valence-electron chi connectivity index (χ4n) is 3.11. The van der Waals surface area contributed by atoms with Gasteiger partial charge in [0.15, 0.2) is 0 Å². The third-order valence-electron chi connectivity index (χ3n) is 4.50. The summed E-state index contributed by atoms with van der Waals surface area (Å²) in [5, 5.41) is 5.49. The molecule has 0 unspecified atom stereocenters. The first-order valence-corrected chi connectivity index (χ1v) is 9.33. The summed E-state index contributed by atoms with van der Waals surface area (Å²) in [5.74, 6) is 0.0328. The van der Waals surface area contributed by atoms with Crippen LogP contribution in [0.3, 0.4) is 0 Å². The van der Waals surface area contributed by atoms with Crippen LogP contribution in [0.25, 0.3) is 0 Å². The van der Waals surface area contributed by atoms with Crippen molar-refractivity contribution in [2.45, 2.75) is 51.4 Å². The van der Waals surface area contributed by atoms with Crippen LogP contribution in [0.2, 0.25) is 0 Å². The molecule has 0 bridgehead atoms. The summed E-state index contributed by atoms with van der Waals surface area (Å²) in [7, 11) is 0. The molecule has 1 aliphatic rings. The van der Waals surface area contributed by atoms with Gasteiger partial charge in [0.2, 0.25) is 5.91 Å². The molecule has 0 saturated carbocycles. The Bertz CT molecular complexity index is 537. The molecule has 4 N–H and O–H groups in total. The van der Waals surface area contributed by atoms with Crippen molar-refractivity contribution < 1.29 is 9.59 Å². The average Bonchev–Trinajstić information content (AvgIpc) is 2.88. The van der Waals surface area contributed by atoms with Crippen LogP contribution in [0.1, 0.15) is 51.4 Å². The molecule has 0 aromatic heterocycles. The molecule has 1 saturated heterocycles. The molecule has 25 heavy (non-hydrogen) atoms. The second kappa shape index (κ2) is 10.6. The third kappa shape index (κ3) is 7.45. The molecule has 1 aliphatic heterocycles. The highest BCUT2D eigenvalue weighted by atomic mass is 16.2. The quantitative estimate of drug-likeness (QED) is 0.632. The van der Waals surface area contributed by atoms with Crippen LogP contribution < -0.4 is 21.3 Å². The molecule has 6 nitrogen and oxygen atoms in total. The topological polar surface area (TPSA) is 87.5 Å². The molecule has 138 valence electrons. The van der Waals surface area contributed by atoms with Crippen LogP contribution in [0.4, 0.5) is 16.2 Å². The number of nitrogens with two attached hydrogens (primary N) is 1. The fraction of sp³-hybridized carbons (Fsp3) is 0.579. The summed E-state index contributed by atoms with van der Waals surface area (Å²) in [6.45, 7) is 2.81. The van der Waals surface area contributed by atoms with Gasteiger partial charge in [-0.15, -0.1) is 0 Å². The number of carbonyl (C=O) groups is 2. The molecular weight excluding hydrogens is 316 g/mol. The van der Waals surface area contributed by atoms with Gasteiger partial charge >= 0.3 is 6.03 Å². The van der Waals surface area contributed by atoms with Gasteiger partial charge in [0, 0.05) is 37.4 Å². The number of hydrogen-bond acceptors (Lipinski definition) is 3. The van der Waals surface area contributed by atoms with Gasteiger partial charge in [-0.1, -0.05) is 19.3 Å². The van der Waals surface area contributed by atoms with Crippen molar-refractivity contribution in [3.05, 3.63) is 24.3 Å². The van der Waals surface area contributed by atoms with Crippen LogP contribution >= 0.6 is 0 Å². The van der Waals surface area contributed by atoms with Crippen molar-refractivity contribution in [1.82, 2.24) is 5.32 Å². The van der Waals surface area contributed by atoms with E-state index in [9.17, 15) is 9.59 Å². The second-order valence-corrected chi connectivity index (χ2v) is 6.60. The largest absolute Gasteiger partial charge is 0.372 e. The standard InChI is InChI=1S/C19H30N4O2/c20-19(25)21-13-5-3-4-8-18(24)22-16-9-11-17(12-10-16)23-14-6-1-2-7-15-23/h9-12H,1-8,13-15H2,(H,22,24)(H3,20,21,25). The SMILES string of the molecule is NC(=O)NCCCCCC(=O)Nc1ccc(N2CCCCCC2)cc1. The van der Waals surface area contributed by atoms with Gasteiger partial charge in [-0.25, -0.2) is 4.79 Å². The number of nitrogens with one attached hydrogen (secondary N) is 2. The molecule has 0 aliphatic carbocycles. The summed E-state index contributed by atoms with van der Waals surface area (Å²) in [6.07, 6.45) is 8.18. The highest BCUT2D eigenvalue weighted by molar-refractivity contribution is 5.90. The smallest absolute Gasteiger partial charge is 0.312 e. The van der Waals surface area contributed by atoms with E-state index in [2.05, 4.69) is 27.7 Å². The number of rotatable bonds is 8. The van der Waals surface area contributed by atoms with Crippen LogP contribution in [0.5, 0.6) is 0 Å². The number of unbranched alkanes of at least 4 members (excludes halogenated alkanes) is 2. The number of nitrogens with zero attached hydrogens (tertiary/aromatic N) is 1. The average molecular weight is 346 g/mol. The molecule has 0 radical (unpaired) electrons. The molecule has 1 fully saturated rings. The number of benzene rings is 1. The highest BCUT2D eigenvalue weighted by Gasteiger charge is 2.10. The Kier molecular flexibility index (Phi) is 8.09. The first-order chi connectivity index (χ1) is 12.1. The summed E-state index contributed by atoms with van der Waals surface area (Å²) in [4.78, 5) is 24.9. The lowest BCUT2D eigenvalue weighted by Gasteiger charge is -2.22. The predicted octanol–water partition coefficient (Wildman–Crippen LogP) is 3.23. The minimum atomic E-state index is -0.499. The minimum Gasteiger partial charge on any atom is -0.372 e. The lowest BCUT2D eigenvalue weighted by atomic mass is 10.2. The van der Waals surface area contributed by atoms with Gasteiger partial charge in [0.05, 0.1) is 0 Å². The minimum absolute atomic E-state index is 0.0328. The molecule has 2 rings (SSSR count). The zero-order chi connectivity index (χ0) is 17.9. The van der Waals surface area contributed by atoms with Crippen molar-refractivity contribution in [2.75, 3.05) is 29.9 Å². The maximum Gasteiger partial charge on any atom is 0.312 e. The first-order valence-electron chi connectivity index (χ1n) is 9.33. The molecule has 6 heteroatoms. The molecule has 0 spiro atoms. The van der Waals surface area contributed by atoms with Gasteiger partial charge in [0.25, 0.3) is 0 Å². The van der Waals surface area contributed by atoms with Crippen LogP contribution in [-0.2, 0) is 4.79 Å². The Morgan fingerprint density at radius 3 is 2.28 bits per heavy atom. The Morgan fingerprint density at radius 1 is 0.960 bits per heavy atom. The number of hydrogen-bond donors (Lipinski definition) is 3. The molecule has 3 amide bonds. The van der Waals surface area contributed by atoms with Gasteiger partial charge in [-0.05, 0) is 49.9 Å². The maximum atomic E-state index is 12.0. The van der Waals surface area contributed by atoms with Crippen LogP contribution in [0, 0.1) is 0 Å². The Hall–Kier alpha value is -2.24. The van der Waals surface area contributed by atoms with E-state index in [4.69, 9.17) is 5.73 Å². The molecule has 0 atom stereocenters. The summed E-state index contributed by atoms with van der Waals surface area (Å²) >= 11 is 0. The predicted molar refractivity (Wildman–Crippen MR) is 102 cm³/mol. The Morgan fingerprint density at radius 2 is 1.64 bits per heavy atom. The maximum absolute atomic E-state index is 12.0. The highest BCUT2D eigenvalue weighted by Crippen LogP contribution is 2.21. The number of anilines is 2. The molecular formula is C19H30N4O2. The lowest BCUT2D eigenvalue weighted by Crippen LogP contribution is -2.29. The molecule has 1 aromatic carbocycles. The van der Waals surface area contributed by atoms with Gasteiger partial charge < -0.3 is 21.3 Å². The molecule has 1 heterocycles. The monoisotopic (exact) mass is 346 g/mol. The fourth-order valence-corrected chi connectivity index (χ4v) is 3.11. The summed E-state index contributed by atoms with van der Waals surface area (Å²) < 4.78 is 0. The Labute approximate surface area is 150 Å². The van der Waals surface area contributed by atoms with Crippen LogP contribution in [-0.4, -0.2) is 31.6 Å². The number of primary amides is 1. The second-order valence-electron chi connectivity index (χ2n) is 6.60. The summed E-state index contributed by atoms with van der Waals surface area (Å²) in [6, 6.07) is 7.65. The van der Waals surface area contributed by atoms with Gasteiger partial charge in [0.1, 0.15) is 0 Å². The first kappa shape index (κ1) is 19.1. The van der Waals surface area contributed by atoms with Crippen molar-refractivity contribution in [2.24, 2.45) is 5.73 Å². The van der Waals surface area contributed by atoms with E-state index < -0.39 is 6.03 Å². The van der Waals surface area contributed by atoms with Crippen LogP contribution in [0.15, 0.2) is 24.3 Å². The van der Waals surface area contributed by atoms with Crippen molar-refractivity contribution in [1.29, 1.82) is 0 Å². The number of amides is 3. The van der Waals surface area contributed by atoms with E-state index >= 15 is 0 Å². The van der Waals surface area contributed by atoms with E-state index in [1.54, 1.807) is 0 Å². The van der Waals surface area contributed by atoms with Crippen molar-refractivity contribution in [3.63, 3.8) is 0 Å².